The molecule has 0 atom stereocenters. The molecule has 4 aliphatic rings. The van der Waals surface area contributed by atoms with E-state index in [0.717, 1.165) is 57.9 Å². The second kappa shape index (κ2) is 12.8. The lowest BCUT2D eigenvalue weighted by Crippen LogP contribution is -2.48. The molecule has 4 fully saturated rings. The molecule has 2 aromatic rings. The van der Waals surface area contributed by atoms with Crippen molar-refractivity contribution in [1.29, 1.82) is 0 Å². The van der Waals surface area contributed by atoms with E-state index in [1.165, 1.54) is 81.8 Å². The standard InChI is InChI=1S/C36H51BrO3/c1-6-7-8-9-10-11-14-39-29-12-13-33(37)30(20-29)31-18-28(35(2,3)4)19-32(34(31)40-24-38-5)36-21-25-15-26(22-36)17-27(16-25)23-36/h12-13,18-20,25-27H,6-11,14-17,21-24H2,1-5H3. The van der Waals surface area contributed by atoms with Gasteiger partial charge in [-0.05, 0) is 103 Å². The van der Waals surface area contributed by atoms with Gasteiger partial charge in [0.1, 0.15) is 11.5 Å². The van der Waals surface area contributed by atoms with Crippen LogP contribution in [0.25, 0.3) is 11.1 Å². The van der Waals surface area contributed by atoms with Crippen LogP contribution in [0.15, 0.2) is 34.8 Å². The fraction of sp³-hybridized carbons (Fsp3) is 0.667. The molecule has 3 nitrogen and oxygen atoms in total. The SMILES string of the molecule is CCCCCCCCOc1ccc(Br)c(-c2cc(C(C)(C)C)cc(C34CC5CC(CC(C5)C3)C4)c2OCOC)c1. The average molecular weight is 612 g/mol. The Morgan fingerprint density at radius 3 is 2.10 bits per heavy atom. The molecule has 0 unspecified atom stereocenters. The van der Waals surface area contributed by atoms with Crippen molar-refractivity contribution in [2.45, 2.75) is 116 Å². The average Bonchev–Trinajstić information content (AvgIpc) is 2.90. The number of methoxy groups -OCH3 is 1. The van der Waals surface area contributed by atoms with E-state index >= 15 is 0 Å². The highest BCUT2D eigenvalue weighted by molar-refractivity contribution is 9.10. The van der Waals surface area contributed by atoms with Crippen LogP contribution >= 0.6 is 15.9 Å². The maximum absolute atomic E-state index is 6.59. The lowest BCUT2D eigenvalue weighted by atomic mass is 9.47. The number of unbranched alkanes of at least 4 members (excludes halogenated alkanes) is 5. The lowest BCUT2D eigenvalue weighted by molar-refractivity contribution is -0.00881. The quantitative estimate of drug-likeness (QED) is 0.167. The Bertz CT molecular complexity index is 1110. The minimum absolute atomic E-state index is 0.0317. The Morgan fingerprint density at radius 1 is 0.825 bits per heavy atom. The van der Waals surface area contributed by atoms with E-state index in [-0.39, 0.29) is 17.6 Å². The van der Waals surface area contributed by atoms with E-state index in [2.05, 4.69) is 74.0 Å². The van der Waals surface area contributed by atoms with Gasteiger partial charge in [-0.25, -0.2) is 0 Å². The molecule has 220 valence electrons. The fourth-order valence-electron chi connectivity index (χ4n) is 8.24. The van der Waals surface area contributed by atoms with Gasteiger partial charge in [-0.3, -0.25) is 0 Å². The summed E-state index contributed by atoms with van der Waals surface area (Å²) in [6.45, 7) is 10.3. The monoisotopic (exact) mass is 610 g/mol. The van der Waals surface area contributed by atoms with Gasteiger partial charge in [0.25, 0.3) is 0 Å². The third kappa shape index (κ3) is 6.59. The number of ether oxygens (including phenoxy) is 3. The summed E-state index contributed by atoms with van der Waals surface area (Å²) in [5.41, 5.74) is 5.35. The Morgan fingerprint density at radius 2 is 1.48 bits per heavy atom. The van der Waals surface area contributed by atoms with Crippen molar-refractivity contribution in [3.05, 3.63) is 45.9 Å². The van der Waals surface area contributed by atoms with Gasteiger partial charge >= 0.3 is 0 Å². The minimum Gasteiger partial charge on any atom is -0.494 e. The summed E-state index contributed by atoms with van der Waals surface area (Å²) in [5, 5.41) is 0. The predicted octanol–water partition coefficient (Wildman–Crippen LogP) is 10.6. The summed E-state index contributed by atoms with van der Waals surface area (Å²) >= 11 is 3.91. The molecule has 0 N–H and O–H groups in total. The Labute approximate surface area is 251 Å². The lowest BCUT2D eigenvalue weighted by Gasteiger charge is -2.57. The Kier molecular flexibility index (Phi) is 9.57. The predicted molar refractivity (Wildman–Crippen MR) is 170 cm³/mol. The van der Waals surface area contributed by atoms with Crippen LogP contribution in [-0.2, 0) is 15.6 Å². The van der Waals surface area contributed by atoms with Crippen molar-refractivity contribution in [1.82, 2.24) is 0 Å². The van der Waals surface area contributed by atoms with Crippen molar-refractivity contribution in [2.24, 2.45) is 17.8 Å². The van der Waals surface area contributed by atoms with Gasteiger partial charge in [0, 0.05) is 28.3 Å². The smallest absolute Gasteiger partial charge is 0.188 e. The van der Waals surface area contributed by atoms with Crippen LogP contribution in [0.1, 0.15) is 116 Å². The highest BCUT2D eigenvalue weighted by Crippen LogP contribution is 2.63. The molecule has 0 radical (unpaired) electrons. The van der Waals surface area contributed by atoms with Gasteiger partial charge in [-0.1, -0.05) is 81.8 Å². The maximum Gasteiger partial charge on any atom is 0.188 e. The molecule has 0 saturated heterocycles. The van der Waals surface area contributed by atoms with Crippen LogP contribution < -0.4 is 9.47 Å². The molecule has 0 amide bonds. The van der Waals surface area contributed by atoms with Gasteiger partial charge in [0.2, 0.25) is 0 Å². The molecule has 4 aliphatic carbocycles. The molecule has 4 saturated carbocycles. The van der Waals surface area contributed by atoms with E-state index in [9.17, 15) is 0 Å². The summed E-state index contributed by atoms with van der Waals surface area (Å²) < 4.78 is 19.5. The first-order valence-electron chi connectivity index (χ1n) is 16.0. The van der Waals surface area contributed by atoms with E-state index in [1.54, 1.807) is 7.11 Å². The van der Waals surface area contributed by atoms with Crippen molar-refractivity contribution >= 4 is 15.9 Å². The number of hydrogen-bond acceptors (Lipinski definition) is 3. The first kappa shape index (κ1) is 30.0. The third-order valence-electron chi connectivity index (χ3n) is 9.88. The van der Waals surface area contributed by atoms with Crippen LogP contribution in [0.2, 0.25) is 0 Å². The number of benzene rings is 2. The zero-order valence-electron chi connectivity index (χ0n) is 25.6. The molecular formula is C36H51BrO3. The third-order valence-corrected chi connectivity index (χ3v) is 10.6. The number of hydrogen-bond donors (Lipinski definition) is 0. The first-order chi connectivity index (χ1) is 19.2. The molecular weight excluding hydrogens is 560 g/mol. The molecule has 0 aliphatic heterocycles. The van der Waals surface area contributed by atoms with E-state index < -0.39 is 0 Å². The normalized spacial score (nSPS) is 25.4. The molecule has 2 aromatic carbocycles. The number of rotatable bonds is 13. The van der Waals surface area contributed by atoms with Gasteiger partial charge < -0.3 is 14.2 Å². The molecule has 0 heterocycles. The van der Waals surface area contributed by atoms with E-state index in [1.807, 2.05) is 0 Å². The Hall–Kier alpha value is -1.52. The second-order valence-corrected chi connectivity index (χ2v) is 15.0. The van der Waals surface area contributed by atoms with Crippen LogP contribution in [0.5, 0.6) is 11.5 Å². The molecule has 4 heteroatoms. The van der Waals surface area contributed by atoms with Crippen molar-refractivity contribution in [2.75, 3.05) is 20.5 Å². The summed E-state index contributed by atoms with van der Waals surface area (Å²) in [7, 11) is 1.72. The summed E-state index contributed by atoms with van der Waals surface area (Å²) in [4.78, 5) is 0. The van der Waals surface area contributed by atoms with Crippen molar-refractivity contribution in [3.63, 3.8) is 0 Å². The zero-order chi connectivity index (χ0) is 28.3. The molecule has 0 aromatic heterocycles. The topological polar surface area (TPSA) is 27.7 Å². The highest BCUT2D eigenvalue weighted by atomic mass is 79.9. The Balaban J connectivity index is 1.52. The van der Waals surface area contributed by atoms with Gasteiger partial charge in [-0.2, -0.15) is 0 Å². The maximum atomic E-state index is 6.59. The molecule has 4 bridgehead atoms. The van der Waals surface area contributed by atoms with Gasteiger partial charge in [0.15, 0.2) is 6.79 Å². The fourth-order valence-corrected chi connectivity index (χ4v) is 8.70. The summed E-state index contributed by atoms with van der Waals surface area (Å²) in [6.07, 6.45) is 15.8. The molecule has 6 rings (SSSR count). The zero-order valence-corrected chi connectivity index (χ0v) is 27.2. The number of halogens is 1. The molecule has 40 heavy (non-hydrogen) atoms. The summed E-state index contributed by atoms with van der Waals surface area (Å²) in [6, 6.07) is 11.3. The second-order valence-electron chi connectivity index (χ2n) is 14.2. The minimum atomic E-state index is 0.0317. The van der Waals surface area contributed by atoms with Crippen LogP contribution in [0.4, 0.5) is 0 Å². The van der Waals surface area contributed by atoms with Crippen molar-refractivity contribution in [3.8, 4) is 22.6 Å². The van der Waals surface area contributed by atoms with Gasteiger partial charge in [0.05, 0.1) is 6.61 Å². The summed E-state index contributed by atoms with van der Waals surface area (Å²) in [5.74, 6) is 4.56. The van der Waals surface area contributed by atoms with Gasteiger partial charge in [-0.15, -0.1) is 0 Å². The van der Waals surface area contributed by atoms with Crippen LogP contribution in [0.3, 0.4) is 0 Å². The van der Waals surface area contributed by atoms with Crippen LogP contribution in [-0.4, -0.2) is 20.5 Å². The van der Waals surface area contributed by atoms with E-state index in [4.69, 9.17) is 14.2 Å². The van der Waals surface area contributed by atoms with Crippen molar-refractivity contribution < 1.29 is 14.2 Å². The highest BCUT2D eigenvalue weighted by Gasteiger charge is 2.53. The largest absolute Gasteiger partial charge is 0.494 e. The molecule has 0 spiro atoms. The first-order valence-corrected chi connectivity index (χ1v) is 16.7. The van der Waals surface area contributed by atoms with Crippen LogP contribution in [0, 0.1) is 17.8 Å². The van der Waals surface area contributed by atoms with E-state index in [0.29, 0.717) is 0 Å².